The zero-order valence-electron chi connectivity index (χ0n) is 22.3. The van der Waals surface area contributed by atoms with Crippen LogP contribution < -0.4 is 20.7 Å². The lowest BCUT2D eigenvalue weighted by molar-refractivity contribution is 0.0990. The summed E-state index contributed by atoms with van der Waals surface area (Å²) in [6.45, 7) is 4.32. The summed E-state index contributed by atoms with van der Waals surface area (Å²) < 4.78 is 52.2. The van der Waals surface area contributed by atoms with Crippen molar-refractivity contribution in [1.82, 2.24) is 5.32 Å². The Morgan fingerprint density at radius 3 is 2.47 bits per heavy atom. The molecule has 1 aliphatic heterocycles. The number of carbonyl (C=O) groups is 1. The van der Waals surface area contributed by atoms with Gasteiger partial charge in [0.2, 0.25) is 10.0 Å². The minimum atomic E-state index is -3.61. The molecule has 0 aliphatic carbocycles. The molecule has 0 radical (unpaired) electrons. The van der Waals surface area contributed by atoms with Crippen molar-refractivity contribution < 1.29 is 21.6 Å². The third kappa shape index (κ3) is 8.26. The lowest BCUT2D eigenvalue weighted by Crippen LogP contribution is -2.30. The molecule has 0 saturated carbocycles. The molecule has 38 heavy (non-hydrogen) atoms. The van der Waals surface area contributed by atoms with E-state index < -0.39 is 19.9 Å². The van der Waals surface area contributed by atoms with Gasteiger partial charge in [-0.25, -0.2) is 16.8 Å². The van der Waals surface area contributed by atoms with E-state index in [4.69, 9.17) is 5.73 Å². The zero-order valence-corrected chi connectivity index (χ0v) is 24.0. The third-order valence-electron chi connectivity index (χ3n) is 6.56. The van der Waals surface area contributed by atoms with Crippen LogP contribution in [0, 0.1) is 0 Å². The van der Waals surface area contributed by atoms with Gasteiger partial charge in [-0.1, -0.05) is 38.7 Å². The first kappa shape index (κ1) is 30.1. The summed E-state index contributed by atoms with van der Waals surface area (Å²) in [4.78, 5) is 15.6. The number of rotatable bonds is 15. The van der Waals surface area contributed by atoms with Gasteiger partial charge in [0.05, 0.1) is 28.2 Å². The van der Waals surface area contributed by atoms with Crippen molar-refractivity contribution in [1.29, 1.82) is 0 Å². The van der Waals surface area contributed by atoms with Gasteiger partial charge in [-0.15, -0.1) is 0 Å². The molecule has 0 saturated heterocycles. The monoisotopic (exact) mass is 564 g/mol. The van der Waals surface area contributed by atoms with Crippen molar-refractivity contribution in [2.75, 3.05) is 41.3 Å². The Kier molecular flexibility index (Phi) is 10.7. The summed E-state index contributed by atoms with van der Waals surface area (Å²) in [5.41, 5.74) is 8.27. The fourth-order valence-electron chi connectivity index (χ4n) is 4.57. The second kappa shape index (κ2) is 13.5. The molecule has 9 nitrogen and oxygen atoms in total. The molecule has 1 amide bonds. The average Bonchev–Trinajstić information content (AvgIpc) is 3.29. The van der Waals surface area contributed by atoms with E-state index in [0.717, 1.165) is 56.0 Å². The molecule has 11 heteroatoms. The van der Waals surface area contributed by atoms with Crippen LogP contribution >= 0.6 is 0 Å². The second-order valence-corrected chi connectivity index (χ2v) is 13.7. The van der Waals surface area contributed by atoms with Crippen LogP contribution in [0.1, 0.15) is 66.9 Å². The molecule has 0 fully saturated rings. The number of carbonyl (C=O) groups excluding carboxylic acids is 1. The highest BCUT2D eigenvalue weighted by Crippen LogP contribution is 2.33. The molecule has 3 rings (SSSR count). The lowest BCUT2D eigenvalue weighted by atomic mass is 10.1. The second-order valence-electron chi connectivity index (χ2n) is 9.80. The molecule has 1 heterocycles. The molecule has 4 N–H and O–H groups in total. The standard InChI is InChI=1S/C27H40N4O5S2/c1-3-4-5-6-7-17-38(35,36)23-10-12-26-22(19-23)13-16-31(26)27(32)24-18-21(20-29-15-8-14-28)9-11-25(24)30-37(2,33)34/h9-12,18-19,29-30H,3-8,13-17,20,28H2,1-2H3. The van der Waals surface area contributed by atoms with Crippen LogP contribution in [-0.2, 0) is 32.8 Å². The third-order valence-corrected chi connectivity index (χ3v) is 8.95. The van der Waals surface area contributed by atoms with Crippen LogP contribution in [0.4, 0.5) is 11.4 Å². The molecule has 2 aromatic rings. The van der Waals surface area contributed by atoms with Crippen LogP contribution in [0.3, 0.4) is 0 Å². The number of sulfone groups is 1. The number of fused-ring (bicyclic) bond motifs is 1. The Bertz CT molecular complexity index is 1330. The number of amides is 1. The van der Waals surface area contributed by atoms with E-state index in [1.54, 1.807) is 41.3 Å². The fraction of sp³-hybridized carbons (Fsp3) is 0.519. The van der Waals surface area contributed by atoms with Gasteiger partial charge in [0, 0.05) is 18.8 Å². The molecule has 1 aliphatic rings. The Hall–Kier alpha value is -2.47. The maximum atomic E-state index is 13.7. The van der Waals surface area contributed by atoms with E-state index in [-0.39, 0.29) is 27.8 Å². The summed E-state index contributed by atoms with van der Waals surface area (Å²) in [5.74, 6) is -0.227. The van der Waals surface area contributed by atoms with Crippen molar-refractivity contribution in [2.24, 2.45) is 5.73 Å². The van der Waals surface area contributed by atoms with E-state index in [0.29, 0.717) is 38.2 Å². The Labute approximate surface area is 227 Å². The summed E-state index contributed by atoms with van der Waals surface area (Å²) in [7, 11) is -7.01. The normalized spacial score (nSPS) is 13.5. The molecule has 0 aromatic heterocycles. The summed E-state index contributed by atoms with van der Waals surface area (Å²) in [5, 5.41) is 3.27. The summed E-state index contributed by atoms with van der Waals surface area (Å²) >= 11 is 0. The van der Waals surface area contributed by atoms with Crippen molar-refractivity contribution in [2.45, 2.75) is 63.3 Å². The van der Waals surface area contributed by atoms with Gasteiger partial charge < -0.3 is 16.0 Å². The van der Waals surface area contributed by atoms with Gasteiger partial charge in [-0.3, -0.25) is 9.52 Å². The van der Waals surface area contributed by atoms with E-state index in [1.807, 2.05) is 0 Å². The van der Waals surface area contributed by atoms with Crippen LogP contribution in [0.15, 0.2) is 41.3 Å². The van der Waals surface area contributed by atoms with Gasteiger partial charge in [0.25, 0.3) is 5.91 Å². The first-order chi connectivity index (χ1) is 18.1. The number of nitrogens with one attached hydrogen (secondary N) is 2. The number of nitrogens with two attached hydrogens (primary N) is 1. The van der Waals surface area contributed by atoms with Crippen LogP contribution in [0.25, 0.3) is 0 Å². The summed E-state index contributed by atoms with van der Waals surface area (Å²) in [6, 6.07) is 10.0. The first-order valence-electron chi connectivity index (χ1n) is 13.2. The lowest BCUT2D eigenvalue weighted by Gasteiger charge is -2.20. The smallest absolute Gasteiger partial charge is 0.260 e. The highest BCUT2D eigenvalue weighted by molar-refractivity contribution is 7.92. The average molecular weight is 565 g/mol. The van der Waals surface area contributed by atoms with E-state index >= 15 is 0 Å². The predicted octanol–water partition coefficient (Wildman–Crippen LogP) is 3.44. The topological polar surface area (TPSA) is 139 Å². The molecule has 0 atom stereocenters. The van der Waals surface area contributed by atoms with Crippen molar-refractivity contribution in [3.63, 3.8) is 0 Å². The van der Waals surface area contributed by atoms with Gasteiger partial charge >= 0.3 is 0 Å². The van der Waals surface area contributed by atoms with Crippen molar-refractivity contribution in [3.8, 4) is 0 Å². The van der Waals surface area contributed by atoms with Crippen molar-refractivity contribution >= 4 is 37.1 Å². The SMILES string of the molecule is CCCCCCCS(=O)(=O)c1ccc2c(c1)CCN2C(=O)c1cc(CNCCCN)ccc1NS(C)(=O)=O. The van der Waals surface area contributed by atoms with Gasteiger partial charge in [-0.2, -0.15) is 0 Å². The van der Waals surface area contributed by atoms with Gasteiger partial charge in [0.1, 0.15) is 0 Å². The number of nitrogens with zero attached hydrogens (tertiary/aromatic N) is 1. The highest BCUT2D eigenvalue weighted by atomic mass is 32.2. The summed E-state index contributed by atoms with van der Waals surface area (Å²) in [6.07, 6.45) is 7.17. The quantitative estimate of drug-likeness (QED) is 0.282. The molecule has 2 aromatic carbocycles. The van der Waals surface area contributed by atoms with Crippen LogP contribution in [0.5, 0.6) is 0 Å². The first-order valence-corrected chi connectivity index (χ1v) is 16.8. The van der Waals surface area contributed by atoms with Gasteiger partial charge in [0.15, 0.2) is 9.84 Å². The highest BCUT2D eigenvalue weighted by Gasteiger charge is 2.29. The maximum Gasteiger partial charge on any atom is 0.260 e. The minimum absolute atomic E-state index is 0.116. The van der Waals surface area contributed by atoms with Crippen molar-refractivity contribution in [3.05, 3.63) is 53.1 Å². The Morgan fingerprint density at radius 1 is 1.00 bits per heavy atom. The number of benzene rings is 2. The van der Waals surface area contributed by atoms with Gasteiger partial charge in [-0.05, 0) is 73.8 Å². The van der Waals surface area contributed by atoms with E-state index in [2.05, 4.69) is 17.0 Å². The Balaban J connectivity index is 1.82. The molecule has 210 valence electrons. The number of hydrogen-bond donors (Lipinski definition) is 3. The van der Waals surface area contributed by atoms with Crippen LogP contribution in [0.2, 0.25) is 0 Å². The minimum Gasteiger partial charge on any atom is -0.330 e. The number of anilines is 2. The molecule has 0 spiro atoms. The zero-order chi connectivity index (χ0) is 27.8. The molecule has 0 unspecified atom stereocenters. The fourth-order valence-corrected chi connectivity index (χ4v) is 6.56. The number of hydrogen-bond acceptors (Lipinski definition) is 7. The van der Waals surface area contributed by atoms with Crippen LogP contribution in [-0.4, -0.2) is 54.4 Å². The largest absolute Gasteiger partial charge is 0.330 e. The number of unbranched alkanes of at least 4 members (excludes halogenated alkanes) is 4. The molecule has 0 bridgehead atoms. The number of sulfonamides is 1. The molecular formula is C27H40N4O5S2. The van der Waals surface area contributed by atoms with E-state index in [1.165, 1.54) is 0 Å². The Morgan fingerprint density at radius 2 is 1.76 bits per heavy atom. The molecular weight excluding hydrogens is 524 g/mol. The maximum absolute atomic E-state index is 13.7. The predicted molar refractivity (Wildman–Crippen MR) is 153 cm³/mol. The van der Waals surface area contributed by atoms with E-state index in [9.17, 15) is 21.6 Å².